The van der Waals surface area contributed by atoms with Gasteiger partial charge in [-0.2, -0.15) is 0 Å². The van der Waals surface area contributed by atoms with Gasteiger partial charge in [-0.05, 0) is 59.0 Å². The van der Waals surface area contributed by atoms with Gasteiger partial charge in [-0.15, -0.1) is 0 Å². The number of nitrogens with two attached hydrogens (primary N) is 2. The van der Waals surface area contributed by atoms with Crippen LogP contribution in [0.1, 0.15) is 30.0 Å². The molecule has 3 heteroatoms. The Labute approximate surface area is 91.8 Å². The van der Waals surface area contributed by atoms with Gasteiger partial charge < -0.3 is 11.5 Å². The number of benzene rings is 1. The van der Waals surface area contributed by atoms with Crippen LogP contribution in [0.2, 0.25) is 0 Å². The molecule has 0 saturated heterocycles. The van der Waals surface area contributed by atoms with Crippen molar-refractivity contribution in [3.05, 3.63) is 26.8 Å². The lowest BCUT2D eigenvalue weighted by atomic mass is 9.87. The molecule has 1 aromatic rings. The van der Waals surface area contributed by atoms with Crippen molar-refractivity contribution in [3.63, 3.8) is 0 Å². The van der Waals surface area contributed by atoms with Crippen molar-refractivity contribution in [2.45, 2.75) is 25.3 Å². The van der Waals surface area contributed by atoms with Crippen molar-refractivity contribution in [1.29, 1.82) is 0 Å². The summed E-state index contributed by atoms with van der Waals surface area (Å²) in [6.07, 6.45) is 3.34. The molecule has 0 aliphatic heterocycles. The number of hydrogen-bond acceptors (Lipinski definition) is 2. The monoisotopic (exact) mass is 288 g/mol. The van der Waals surface area contributed by atoms with E-state index in [1.54, 1.807) is 0 Å². The molecule has 13 heavy (non-hydrogen) atoms. The highest BCUT2D eigenvalue weighted by molar-refractivity contribution is 14.1. The maximum Gasteiger partial charge on any atom is 0.0485 e. The summed E-state index contributed by atoms with van der Waals surface area (Å²) in [5.41, 5.74) is 15.5. The standard InChI is InChI=1S/C10H13IN2/c11-8-5-4-6-7(10(8)13)2-1-3-9(6)12/h4-5,9H,1-3,12-13H2/t9-/m0/s1. The summed E-state index contributed by atoms with van der Waals surface area (Å²) in [5, 5.41) is 0. The maximum absolute atomic E-state index is 6.01. The van der Waals surface area contributed by atoms with Crippen molar-refractivity contribution >= 4 is 28.3 Å². The van der Waals surface area contributed by atoms with E-state index in [0.29, 0.717) is 0 Å². The van der Waals surface area contributed by atoms with E-state index >= 15 is 0 Å². The molecular formula is C10H13IN2. The second-order valence-electron chi connectivity index (χ2n) is 3.53. The molecule has 0 radical (unpaired) electrons. The smallest absolute Gasteiger partial charge is 0.0485 e. The fourth-order valence-corrected chi connectivity index (χ4v) is 2.44. The van der Waals surface area contributed by atoms with Crippen molar-refractivity contribution < 1.29 is 0 Å². The molecular weight excluding hydrogens is 275 g/mol. The number of hydrogen-bond donors (Lipinski definition) is 2. The predicted octanol–water partition coefficient (Wildman–Crippen LogP) is 2.21. The predicted molar refractivity (Wildman–Crippen MR) is 63.4 cm³/mol. The van der Waals surface area contributed by atoms with Crippen LogP contribution in [0.3, 0.4) is 0 Å². The molecule has 1 aromatic carbocycles. The lowest BCUT2D eigenvalue weighted by molar-refractivity contribution is 0.571. The van der Waals surface area contributed by atoms with Gasteiger partial charge in [0.25, 0.3) is 0 Å². The van der Waals surface area contributed by atoms with E-state index in [2.05, 4.69) is 34.7 Å². The molecule has 0 spiro atoms. The van der Waals surface area contributed by atoms with E-state index in [1.807, 2.05) is 0 Å². The molecule has 1 aliphatic rings. The minimum atomic E-state index is 0.197. The molecule has 0 heterocycles. The Hall–Kier alpha value is -0.290. The second kappa shape index (κ2) is 3.46. The summed E-state index contributed by atoms with van der Waals surface area (Å²) >= 11 is 2.27. The third-order valence-electron chi connectivity index (χ3n) is 2.68. The Morgan fingerprint density at radius 1 is 1.38 bits per heavy atom. The average molecular weight is 288 g/mol. The zero-order valence-corrected chi connectivity index (χ0v) is 9.54. The van der Waals surface area contributed by atoms with Crippen molar-refractivity contribution in [2.24, 2.45) is 5.73 Å². The molecule has 0 aromatic heterocycles. The van der Waals surface area contributed by atoms with Crippen molar-refractivity contribution in [2.75, 3.05) is 5.73 Å². The van der Waals surface area contributed by atoms with Gasteiger partial charge in [0.1, 0.15) is 0 Å². The lowest BCUT2D eigenvalue weighted by Gasteiger charge is -2.23. The third kappa shape index (κ3) is 1.55. The second-order valence-corrected chi connectivity index (χ2v) is 4.69. The topological polar surface area (TPSA) is 52.0 Å². The third-order valence-corrected chi connectivity index (χ3v) is 3.62. The maximum atomic E-state index is 6.01. The van der Waals surface area contributed by atoms with Crippen LogP contribution in [0.4, 0.5) is 5.69 Å². The molecule has 1 atom stereocenters. The highest BCUT2D eigenvalue weighted by Gasteiger charge is 2.19. The Kier molecular flexibility index (Phi) is 2.47. The van der Waals surface area contributed by atoms with Crippen LogP contribution in [-0.4, -0.2) is 0 Å². The Bertz CT molecular complexity index is 336. The lowest BCUT2D eigenvalue weighted by Crippen LogP contribution is -2.18. The number of halogens is 1. The Balaban J connectivity index is 2.56. The molecule has 0 fully saturated rings. The highest BCUT2D eigenvalue weighted by atomic mass is 127. The molecule has 0 saturated carbocycles. The van der Waals surface area contributed by atoms with E-state index in [0.717, 1.165) is 22.1 Å². The van der Waals surface area contributed by atoms with E-state index in [4.69, 9.17) is 11.5 Å². The number of rotatable bonds is 0. The summed E-state index contributed by atoms with van der Waals surface area (Å²) in [5.74, 6) is 0. The van der Waals surface area contributed by atoms with Crippen LogP contribution in [0.25, 0.3) is 0 Å². The quantitative estimate of drug-likeness (QED) is 0.568. The minimum absolute atomic E-state index is 0.197. The van der Waals surface area contributed by atoms with Gasteiger partial charge in [0, 0.05) is 15.3 Å². The average Bonchev–Trinajstić information content (AvgIpc) is 2.12. The van der Waals surface area contributed by atoms with E-state index in [9.17, 15) is 0 Å². The zero-order chi connectivity index (χ0) is 9.42. The summed E-state index contributed by atoms with van der Waals surface area (Å²) in [7, 11) is 0. The van der Waals surface area contributed by atoms with Gasteiger partial charge in [-0.25, -0.2) is 0 Å². The molecule has 70 valence electrons. The molecule has 2 rings (SSSR count). The van der Waals surface area contributed by atoms with Crippen LogP contribution >= 0.6 is 22.6 Å². The largest absolute Gasteiger partial charge is 0.398 e. The summed E-state index contributed by atoms with van der Waals surface area (Å²) < 4.78 is 1.14. The van der Waals surface area contributed by atoms with Gasteiger partial charge in [-0.3, -0.25) is 0 Å². The highest BCUT2D eigenvalue weighted by Crippen LogP contribution is 2.33. The number of anilines is 1. The summed E-state index contributed by atoms with van der Waals surface area (Å²) in [6.45, 7) is 0. The Morgan fingerprint density at radius 3 is 2.92 bits per heavy atom. The van der Waals surface area contributed by atoms with Gasteiger partial charge >= 0.3 is 0 Å². The minimum Gasteiger partial charge on any atom is -0.398 e. The van der Waals surface area contributed by atoms with Crippen molar-refractivity contribution in [3.8, 4) is 0 Å². The molecule has 0 bridgehead atoms. The SMILES string of the molecule is Nc1c(I)ccc2c1CCC[C@@H]2N. The van der Waals surface area contributed by atoms with Gasteiger partial charge in [0.15, 0.2) is 0 Å². The first-order valence-electron chi connectivity index (χ1n) is 4.52. The van der Waals surface area contributed by atoms with Gasteiger partial charge in [-0.1, -0.05) is 6.07 Å². The fraction of sp³-hybridized carbons (Fsp3) is 0.400. The van der Waals surface area contributed by atoms with Gasteiger partial charge in [0.2, 0.25) is 0 Å². The van der Waals surface area contributed by atoms with Gasteiger partial charge in [0.05, 0.1) is 0 Å². The van der Waals surface area contributed by atoms with Crippen LogP contribution in [0.15, 0.2) is 12.1 Å². The molecule has 0 unspecified atom stereocenters. The molecule has 2 nitrogen and oxygen atoms in total. The summed E-state index contributed by atoms with van der Waals surface area (Å²) in [4.78, 5) is 0. The van der Waals surface area contributed by atoms with E-state index < -0.39 is 0 Å². The summed E-state index contributed by atoms with van der Waals surface area (Å²) in [6, 6.07) is 4.38. The Morgan fingerprint density at radius 2 is 2.15 bits per heavy atom. The normalized spacial score (nSPS) is 21.2. The van der Waals surface area contributed by atoms with Crippen LogP contribution in [0, 0.1) is 3.57 Å². The zero-order valence-electron chi connectivity index (χ0n) is 7.39. The van der Waals surface area contributed by atoms with Crippen LogP contribution in [-0.2, 0) is 6.42 Å². The first-order valence-corrected chi connectivity index (χ1v) is 5.60. The van der Waals surface area contributed by atoms with E-state index in [-0.39, 0.29) is 6.04 Å². The van der Waals surface area contributed by atoms with Crippen LogP contribution < -0.4 is 11.5 Å². The number of fused-ring (bicyclic) bond motifs is 1. The van der Waals surface area contributed by atoms with Crippen molar-refractivity contribution in [1.82, 2.24) is 0 Å². The fourth-order valence-electron chi connectivity index (χ4n) is 1.93. The molecule has 0 amide bonds. The van der Waals surface area contributed by atoms with Crippen LogP contribution in [0.5, 0.6) is 0 Å². The first kappa shape index (κ1) is 9.27. The molecule has 4 N–H and O–H groups in total. The number of nitrogen functional groups attached to an aromatic ring is 1. The first-order chi connectivity index (χ1) is 6.20. The van der Waals surface area contributed by atoms with E-state index in [1.165, 1.54) is 17.5 Å². The molecule has 1 aliphatic carbocycles.